The molecule has 0 unspecified atom stereocenters. The Morgan fingerprint density at radius 2 is 1.83 bits per heavy atom. The van der Waals surface area contributed by atoms with Crippen molar-refractivity contribution in [3.63, 3.8) is 0 Å². The summed E-state index contributed by atoms with van der Waals surface area (Å²) in [4.78, 5) is 27.4. The number of rotatable bonds is 5. The molecule has 1 fully saturated rings. The van der Waals surface area contributed by atoms with Crippen molar-refractivity contribution >= 4 is 11.4 Å². The lowest BCUT2D eigenvalue weighted by molar-refractivity contribution is -0.132. The van der Waals surface area contributed by atoms with Gasteiger partial charge in [-0.15, -0.1) is 0 Å². The highest BCUT2D eigenvalue weighted by Crippen LogP contribution is 2.22. The Labute approximate surface area is 177 Å². The SMILES string of the molecule is CC1CCN(C(=O)CCn2ccn3nc(-c4ccc(C(C)C)cc4)cc3c2=O)CC1. The summed E-state index contributed by atoms with van der Waals surface area (Å²) in [5.41, 5.74) is 3.45. The first-order valence-electron chi connectivity index (χ1n) is 10.9. The molecule has 1 aliphatic heterocycles. The Morgan fingerprint density at radius 3 is 2.50 bits per heavy atom. The minimum absolute atomic E-state index is 0.116. The van der Waals surface area contributed by atoms with E-state index >= 15 is 0 Å². The predicted octanol–water partition coefficient (Wildman–Crippen LogP) is 3.94. The molecule has 0 saturated carbocycles. The molecule has 1 amide bonds. The number of carbonyl (C=O) groups excluding carboxylic acids is 1. The van der Waals surface area contributed by atoms with Gasteiger partial charge in [0.2, 0.25) is 5.91 Å². The second-order valence-electron chi connectivity index (χ2n) is 8.75. The van der Waals surface area contributed by atoms with Gasteiger partial charge in [-0.3, -0.25) is 9.59 Å². The van der Waals surface area contributed by atoms with Crippen LogP contribution >= 0.6 is 0 Å². The van der Waals surface area contributed by atoms with Gasteiger partial charge in [-0.2, -0.15) is 5.10 Å². The van der Waals surface area contributed by atoms with Gasteiger partial charge >= 0.3 is 0 Å². The van der Waals surface area contributed by atoms with Crippen LogP contribution in [-0.2, 0) is 11.3 Å². The van der Waals surface area contributed by atoms with Crippen molar-refractivity contribution < 1.29 is 4.79 Å². The second kappa shape index (κ2) is 8.46. The van der Waals surface area contributed by atoms with Crippen molar-refractivity contribution in [3.05, 3.63) is 58.6 Å². The van der Waals surface area contributed by atoms with E-state index in [1.54, 1.807) is 21.5 Å². The molecule has 0 aliphatic carbocycles. The number of hydrogen-bond acceptors (Lipinski definition) is 3. The molecule has 0 N–H and O–H groups in total. The average Bonchev–Trinajstić information content (AvgIpc) is 3.19. The fourth-order valence-corrected chi connectivity index (χ4v) is 4.01. The van der Waals surface area contributed by atoms with Crippen LogP contribution in [-0.4, -0.2) is 38.1 Å². The van der Waals surface area contributed by atoms with E-state index in [1.165, 1.54) is 5.56 Å². The Bertz CT molecular complexity index is 1090. The number of carbonyl (C=O) groups is 1. The zero-order chi connectivity index (χ0) is 21.3. The maximum absolute atomic E-state index is 12.9. The summed E-state index contributed by atoms with van der Waals surface area (Å²) in [7, 11) is 0. The van der Waals surface area contributed by atoms with E-state index in [2.05, 4.69) is 38.0 Å². The lowest BCUT2D eigenvalue weighted by atomic mass is 9.99. The monoisotopic (exact) mass is 406 g/mol. The molecule has 2 aromatic heterocycles. The summed E-state index contributed by atoms with van der Waals surface area (Å²) in [5, 5.41) is 4.56. The number of aromatic nitrogens is 3. The first kappa shape index (κ1) is 20.4. The van der Waals surface area contributed by atoms with Gasteiger partial charge < -0.3 is 9.47 Å². The number of aryl methyl sites for hydroxylation is 1. The standard InChI is InChI=1S/C24H30N4O2/c1-17(2)19-4-6-20(7-5-19)21-16-22-24(30)27(14-15-28(22)25-21)13-10-23(29)26-11-8-18(3)9-12-26/h4-7,14-18H,8-13H2,1-3H3. The van der Waals surface area contributed by atoms with Gasteiger partial charge in [0.1, 0.15) is 5.52 Å². The first-order valence-corrected chi connectivity index (χ1v) is 10.9. The molecule has 6 nitrogen and oxygen atoms in total. The number of benzene rings is 1. The van der Waals surface area contributed by atoms with Gasteiger partial charge in [-0.25, -0.2) is 4.52 Å². The quantitative estimate of drug-likeness (QED) is 0.645. The second-order valence-corrected chi connectivity index (χ2v) is 8.75. The van der Waals surface area contributed by atoms with E-state index < -0.39 is 0 Å². The molecule has 1 saturated heterocycles. The number of likely N-dealkylation sites (tertiary alicyclic amines) is 1. The van der Waals surface area contributed by atoms with Crippen LogP contribution in [0.15, 0.2) is 47.5 Å². The highest BCUT2D eigenvalue weighted by atomic mass is 16.2. The summed E-state index contributed by atoms with van der Waals surface area (Å²) >= 11 is 0. The van der Waals surface area contributed by atoms with E-state index in [0.29, 0.717) is 30.3 Å². The van der Waals surface area contributed by atoms with Crippen LogP contribution in [0, 0.1) is 5.92 Å². The van der Waals surface area contributed by atoms with E-state index in [1.807, 2.05) is 23.1 Å². The fraction of sp³-hybridized carbons (Fsp3) is 0.458. The van der Waals surface area contributed by atoms with Crippen molar-refractivity contribution in [1.82, 2.24) is 19.1 Å². The van der Waals surface area contributed by atoms with Crippen molar-refractivity contribution in [1.29, 1.82) is 0 Å². The maximum atomic E-state index is 12.9. The molecule has 3 aromatic rings. The van der Waals surface area contributed by atoms with Crippen LogP contribution in [0.1, 0.15) is 51.5 Å². The summed E-state index contributed by atoms with van der Waals surface area (Å²) in [6, 6.07) is 10.1. The van der Waals surface area contributed by atoms with Crippen molar-refractivity contribution in [3.8, 4) is 11.3 Å². The third-order valence-corrected chi connectivity index (χ3v) is 6.18. The van der Waals surface area contributed by atoms with Crippen molar-refractivity contribution in [2.24, 2.45) is 5.92 Å². The van der Waals surface area contributed by atoms with Crippen LogP contribution in [0.25, 0.3) is 16.8 Å². The number of piperidine rings is 1. The normalized spacial score (nSPS) is 15.3. The molecule has 30 heavy (non-hydrogen) atoms. The number of amides is 1. The van der Waals surface area contributed by atoms with Crippen LogP contribution in [0.2, 0.25) is 0 Å². The minimum Gasteiger partial charge on any atom is -0.343 e. The van der Waals surface area contributed by atoms with E-state index in [0.717, 1.165) is 37.2 Å². The zero-order valence-corrected chi connectivity index (χ0v) is 18.0. The smallest absolute Gasteiger partial charge is 0.276 e. The summed E-state index contributed by atoms with van der Waals surface area (Å²) < 4.78 is 3.24. The Kier molecular flexibility index (Phi) is 5.75. The maximum Gasteiger partial charge on any atom is 0.276 e. The van der Waals surface area contributed by atoms with E-state index in [-0.39, 0.29) is 11.5 Å². The summed E-state index contributed by atoms with van der Waals surface area (Å²) in [5.74, 6) is 1.30. The zero-order valence-electron chi connectivity index (χ0n) is 18.0. The van der Waals surface area contributed by atoms with Gasteiger partial charge in [0, 0.05) is 44.0 Å². The molecule has 0 radical (unpaired) electrons. The lowest BCUT2D eigenvalue weighted by Crippen LogP contribution is -2.38. The van der Waals surface area contributed by atoms with Crippen molar-refractivity contribution in [2.75, 3.05) is 13.1 Å². The number of nitrogens with zero attached hydrogens (tertiary/aromatic N) is 4. The van der Waals surface area contributed by atoms with E-state index in [4.69, 9.17) is 0 Å². The van der Waals surface area contributed by atoms with Crippen LogP contribution in [0.5, 0.6) is 0 Å². The topological polar surface area (TPSA) is 59.6 Å². The fourth-order valence-electron chi connectivity index (χ4n) is 4.01. The van der Waals surface area contributed by atoms with Crippen LogP contribution in [0.4, 0.5) is 0 Å². The summed E-state index contributed by atoms with van der Waals surface area (Å²) in [6.45, 7) is 8.61. The van der Waals surface area contributed by atoms with Crippen molar-refractivity contribution in [2.45, 2.75) is 52.5 Å². The molecular formula is C24H30N4O2. The van der Waals surface area contributed by atoms with Gasteiger partial charge in [-0.1, -0.05) is 45.0 Å². The Balaban J connectivity index is 1.50. The Morgan fingerprint density at radius 1 is 1.13 bits per heavy atom. The molecule has 6 heteroatoms. The minimum atomic E-state index is -0.116. The lowest BCUT2D eigenvalue weighted by Gasteiger charge is -2.30. The third-order valence-electron chi connectivity index (χ3n) is 6.18. The summed E-state index contributed by atoms with van der Waals surface area (Å²) in [6.07, 6.45) is 5.99. The molecular weight excluding hydrogens is 376 g/mol. The van der Waals surface area contributed by atoms with Gasteiger partial charge in [0.05, 0.1) is 5.69 Å². The molecule has 4 rings (SSSR count). The first-order chi connectivity index (χ1) is 14.4. The van der Waals surface area contributed by atoms with Gasteiger partial charge in [0.15, 0.2) is 0 Å². The van der Waals surface area contributed by atoms with Crippen LogP contribution in [0.3, 0.4) is 0 Å². The van der Waals surface area contributed by atoms with Crippen LogP contribution < -0.4 is 5.56 Å². The average molecular weight is 407 g/mol. The molecule has 0 bridgehead atoms. The molecule has 3 heterocycles. The number of fused-ring (bicyclic) bond motifs is 1. The molecule has 0 atom stereocenters. The van der Waals surface area contributed by atoms with Gasteiger partial charge in [-0.05, 0) is 36.3 Å². The molecule has 158 valence electrons. The highest BCUT2D eigenvalue weighted by Gasteiger charge is 2.20. The predicted molar refractivity (Wildman–Crippen MR) is 119 cm³/mol. The van der Waals surface area contributed by atoms with Gasteiger partial charge in [0.25, 0.3) is 5.56 Å². The molecule has 1 aliphatic rings. The third kappa shape index (κ3) is 4.18. The number of hydrogen-bond donors (Lipinski definition) is 0. The molecule has 0 spiro atoms. The Hall–Kier alpha value is -2.89. The largest absolute Gasteiger partial charge is 0.343 e. The van der Waals surface area contributed by atoms with E-state index in [9.17, 15) is 9.59 Å². The highest BCUT2D eigenvalue weighted by molar-refractivity contribution is 5.76. The molecule has 1 aromatic carbocycles.